The second kappa shape index (κ2) is 7.90. The van der Waals surface area contributed by atoms with Gasteiger partial charge in [-0.2, -0.15) is 0 Å². The van der Waals surface area contributed by atoms with E-state index in [0.717, 1.165) is 24.0 Å². The molecule has 0 radical (unpaired) electrons. The summed E-state index contributed by atoms with van der Waals surface area (Å²) in [4.78, 5) is 31.1. The smallest absolute Gasteiger partial charge is 0.264 e. The molecule has 1 aliphatic rings. The van der Waals surface area contributed by atoms with Crippen LogP contribution in [0.2, 0.25) is 10.0 Å². The Morgan fingerprint density at radius 2 is 1.79 bits per heavy atom. The molecular weight excluding hydrogens is 461 g/mol. The molecule has 3 aromatic carbocycles. The first-order chi connectivity index (χ1) is 15.8. The molecule has 1 saturated carbocycles. The number of carbonyl (C=O) groups is 1. The van der Waals surface area contributed by atoms with E-state index in [9.17, 15) is 14.7 Å². The number of amides is 1. The number of benzene rings is 3. The molecule has 0 aliphatic heterocycles. The van der Waals surface area contributed by atoms with Crippen LogP contribution in [0.4, 0.5) is 5.69 Å². The van der Waals surface area contributed by atoms with Gasteiger partial charge in [-0.1, -0.05) is 53.5 Å². The highest BCUT2D eigenvalue weighted by Crippen LogP contribution is 2.49. The Balaban J connectivity index is 1.60. The van der Waals surface area contributed by atoms with E-state index < -0.39 is 11.4 Å². The van der Waals surface area contributed by atoms with Gasteiger partial charge >= 0.3 is 0 Å². The molecule has 5 rings (SSSR count). The normalized spacial score (nSPS) is 14.3. The number of nitrogens with zero attached hydrogens (tertiary/aromatic N) is 2. The predicted octanol–water partition coefficient (Wildman–Crippen LogP) is 5.51. The highest BCUT2D eigenvalue weighted by molar-refractivity contribution is 6.37. The number of aromatic hydroxyl groups is 1. The molecule has 8 heteroatoms. The van der Waals surface area contributed by atoms with E-state index in [2.05, 4.69) is 10.3 Å². The summed E-state index contributed by atoms with van der Waals surface area (Å²) < 4.78 is 1.68. The average molecular weight is 480 g/mol. The molecule has 33 heavy (non-hydrogen) atoms. The average Bonchev–Trinajstić information content (AvgIpc) is 3.59. The lowest BCUT2D eigenvalue weighted by molar-refractivity contribution is 0.102. The van der Waals surface area contributed by atoms with E-state index in [0.29, 0.717) is 16.6 Å². The zero-order valence-corrected chi connectivity index (χ0v) is 19.1. The Kier molecular flexibility index (Phi) is 5.15. The molecule has 1 aliphatic carbocycles. The summed E-state index contributed by atoms with van der Waals surface area (Å²) in [7, 11) is 0. The molecule has 0 atom stereocenters. The van der Waals surface area contributed by atoms with Gasteiger partial charge in [0, 0.05) is 5.56 Å². The second-order valence-corrected chi connectivity index (χ2v) is 9.02. The van der Waals surface area contributed by atoms with Gasteiger partial charge in [-0.15, -0.1) is 0 Å². The van der Waals surface area contributed by atoms with Crippen molar-refractivity contribution in [3.63, 3.8) is 0 Å². The molecule has 0 bridgehead atoms. The van der Waals surface area contributed by atoms with Gasteiger partial charge in [-0.05, 0) is 55.2 Å². The van der Waals surface area contributed by atoms with Crippen LogP contribution in [0.1, 0.15) is 34.3 Å². The number of rotatable bonds is 4. The van der Waals surface area contributed by atoms with Gasteiger partial charge in [0.15, 0.2) is 5.75 Å². The molecule has 1 aromatic heterocycles. The van der Waals surface area contributed by atoms with Crippen molar-refractivity contribution in [2.45, 2.75) is 25.3 Å². The van der Waals surface area contributed by atoms with Crippen molar-refractivity contribution in [1.29, 1.82) is 0 Å². The van der Waals surface area contributed by atoms with Crippen LogP contribution in [-0.4, -0.2) is 20.6 Å². The van der Waals surface area contributed by atoms with Gasteiger partial charge in [0.1, 0.15) is 0 Å². The maximum Gasteiger partial charge on any atom is 0.264 e. The maximum atomic E-state index is 13.7. The molecule has 0 unspecified atom stereocenters. The Labute approximate surface area is 199 Å². The first kappa shape index (κ1) is 21.5. The third-order valence-electron chi connectivity index (χ3n) is 6.15. The zero-order valence-electron chi connectivity index (χ0n) is 17.6. The molecule has 4 aromatic rings. The number of aryl methyl sites for hydroxylation is 1. The summed E-state index contributed by atoms with van der Waals surface area (Å²) in [5.41, 5.74) is 2.54. The molecule has 6 nitrogen and oxygen atoms in total. The van der Waals surface area contributed by atoms with E-state index in [1.165, 1.54) is 12.1 Å². The van der Waals surface area contributed by atoms with Crippen LogP contribution >= 0.6 is 23.2 Å². The van der Waals surface area contributed by atoms with Crippen molar-refractivity contribution in [1.82, 2.24) is 9.55 Å². The number of carbonyl (C=O) groups excluding carboxylic acids is 1. The summed E-state index contributed by atoms with van der Waals surface area (Å²) in [6, 6.07) is 15.8. The van der Waals surface area contributed by atoms with E-state index in [-0.39, 0.29) is 26.9 Å². The lowest BCUT2D eigenvalue weighted by Gasteiger charge is -2.22. The standard InChI is InChI=1S/C25H19Cl2N3O3/c1-14-5-2-3-6-16(14)25(9-10-25)30-13-28-19-7-4-8-20(21(19)24(30)33)29-23(32)15-11-17(26)22(31)18(27)12-15/h2-8,11-13,31H,9-10H2,1H3,(H,29,32). The van der Waals surface area contributed by atoms with Gasteiger partial charge in [-0.3, -0.25) is 14.2 Å². The van der Waals surface area contributed by atoms with Gasteiger partial charge in [0.25, 0.3) is 11.5 Å². The Hall–Kier alpha value is -3.35. The number of nitrogens with one attached hydrogen (secondary N) is 1. The van der Waals surface area contributed by atoms with Gasteiger partial charge in [-0.25, -0.2) is 4.98 Å². The lowest BCUT2D eigenvalue weighted by atomic mass is 9.99. The molecular formula is C25H19Cl2N3O3. The number of phenolic OH excluding ortho intramolecular Hbond substituents is 1. The van der Waals surface area contributed by atoms with E-state index in [1.54, 1.807) is 29.1 Å². The number of aromatic nitrogens is 2. The van der Waals surface area contributed by atoms with E-state index in [4.69, 9.17) is 23.2 Å². The quantitative estimate of drug-likeness (QED) is 0.404. The fourth-order valence-corrected chi connectivity index (χ4v) is 4.81. The third-order valence-corrected chi connectivity index (χ3v) is 6.72. The van der Waals surface area contributed by atoms with Gasteiger partial charge < -0.3 is 10.4 Å². The van der Waals surface area contributed by atoms with Crippen LogP contribution in [0.5, 0.6) is 5.75 Å². The van der Waals surface area contributed by atoms with Crippen molar-refractivity contribution in [3.8, 4) is 5.75 Å². The first-order valence-corrected chi connectivity index (χ1v) is 11.1. The van der Waals surface area contributed by atoms with Crippen molar-refractivity contribution >= 4 is 45.7 Å². The number of phenols is 1. The maximum absolute atomic E-state index is 13.7. The van der Waals surface area contributed by atoms with Gasteiger partial charge in [0.2, 0.25) is 0 Å². The Morgan fingerprint density at radius 3 is 2.45 bits per heavy atom. The highest BCUT2D eigenvalue weighted by Gasteiger charge is 2.48. The highest BCUT2D eigenvalue weighted by atomic mass is 35.5. The van der Waals surface area contributed by atoms with Crippen molar-refractivity contribution in [2.24, 2.45) is 0 Å². The van der Waals surface area contributed by atoms with Crippen molar-refractivity contribution in [3.05, 3.63) is 98.0 Å². The third kappa shape index (κ3) is 3.56. The number of anilines is 1. The summed E-state index contributed by atoms with van der Waals surface area (Å²) in [5, 5.41) is 12.8. The molecule has 1 heterocycles. The summed E-state index contributed by atoms with van der Waals surface area (Å²) in [6.45, 7) is 2.04. The molecule has 166 valence electrons. The summed E-state index contributed by atoms with van der Waals surface area (Å²) in [5.74, 6) is -0.806. The van der Waals surface area contributed by atoms with Crippen LogP contribution in [-0.2, 0) is 5.54 Å². The minimum atomic E-state index is -0.513. The molecule has 0 spiro atoms. The minimum Gasteiger partial charge on any atom is -0.505 e. The largest absolute Gasteiger partial charge is 0.505 e. The zero-order chi connectivity index (χ0) is 23.3. The second-order valence-electron chi connectivity index (χ2n) is 8.21. The van der Waals surface area contributed by atoms with Crippen LogP contribution in [0.25, 0.3) is 10.9 Å². The van der Waals surface area contributed by atoms with E-state index >= 15 is 0 Å². The van der Waals surface area contributed by atoms with E-state index in [1.807, 2.05) is 31.2 Å². The lowest BCUT2D eigenvalue weighted by Crippen LogP contribution is -2.32. The molecule has 2 N–H and O–H groups in total. The molecule has 1 fully saturated rings. The predicted molar refractivity (Wildman–Crippen MR) is 130 cm³/mol. The number of hydrogen-bond donors (Lipinski definition) is 2. The fraction of sp³-hybridized carbons (Fsp3) is 0.160. The number of halogens is 2. The van der Waals surface area contributed by atoms with Crippen molar-refractivity contribution in [2.75, 3.05) is 5.32 Å². The first-order valence-electron chi connectivity index (χ1n) is 10.4. The molecule has 0 saturated heterocycles. The Bertz CT molecular complexity index is 1470. The minimum absolute atomic E-state index is 0.0384. The molecule has 1 amide bonds. The van der Waals surface area contributed by atoms with Crippen LogP contribution in [0.15, 0.2) is 65.7 Å². The van der Waals surface area contributed by atoms with Crippen LogP contribution < -0.4 is 10.9 Å². The van der Waals surface area contributed by atoms with Crippen LogP contribution in [0, 0.1) is 6.92 Å². The summed E-state index contributed by atoms with van der Waals surface area (Å²) in [6.07, 6.45) is 3.27. The Morgan fingerprint density at radius 1 is 1.09 bits per heavy atom. The van der Waals surface area contributed by atoms with Crippen molar-refractivity contribution < 1.29 is 9.90 Å². The monoisotopic (exact) mass is 479 g/mol. The number of hydrogen-bond acceptors (Lipinski definition) is 4. The van der Waals surface area contributed by atoms with Crippen LogP contribution in [0.3, 0.4) is 0 Å². The van der Waals surface area contributed by atoms with Gasteiger partial charge in [0.05, 0.1) is 38.5 Å². The SMILES string of the molecule is Cc1ccccc1C1(n2cnc3cccc(NC(=O)c4cc(Cl)c(O)c(Cl)c4)c3c2=O)CC1. The fourth-order valence-electron chi connectivity index (χ4n) is 4.32. The summed E-state index contributed by atoms with van der Waals surface area (Å²) >= 11 is 11.9. The topological polar surface area (TPSA) is 84.2 Å². The number of fused-ring (bicyclic) bond motifs is 1.